The molecule has 2 aromatic heterocycles. The monoisotopic (exact) mass is 298 g/mol. The van der Waals surface area contributed by atoms with Gasteiger partial charge in [0.1, 0.15) is 0 Å². The van der Waals surface area contributed by atoms with Crippen molar-refractivity contribution in [3.8, 4) is 0 Å². The average Bonchev–Trinajstić information content (AvgIpc) is 3.21. The molecule has 6 nitrogen and oxygen atoms in total. The summed E-state index contributed by atoms with van der Waals surface area (Å²) in [5, 5.41) is 8.76. The minimum absolute atomic E-state index is 0.605. The third kappa shape index (κ3) is 2.83. The SMILES string of the molecule is CN(CCn1ccnc1)C1CN(c2ccc(C3CC3)nn2)C1. The molecule has 116 valence electrons. The van der Waals surface area contributed by atoms with Crippen LogP contribution in [0.15, 0.2) is 30.9 Å². The lowest BCUT2D eigenvalue weighted by Crippen LogP contribution is -2.59. The van der Waals surface area contributed by atoms with E-state index >= 15 is 0 Å². The fraction of sp³-hybridized carbons (Fsp3) is 0.562. The molecule has 4 rings (SSSR count). The number of imidazole rings is 1. The van der Waals surface area contributed by atoms with Crippen LogP contribution in [-0.4, -0.2) is 57.4 Å². The van der Waals surface area contributed by atoms with Gasteiger partial charge in [-0.2, -0.15) is 5.10 Å². The van der Waals surface area contributed by atoms with Gasteiger partial charge in [-0.25, -0.2) is 4.98 Å². The van der Waals surface area contributed by atoms with Crippen molar-refractivity contribution in [2.75, 3.05) is 31.6 Å². The largest absolute Gasteiger partial charge is 0.352 e. The van der Waals surface area contributed by atoms with Gasteiger partial charge in [-0.3, -0.25) is 4.90 Å². The van der Waals surface area contributed by atoms with E-state index in [1.54, 1.807) is 0 Å². The first-order valence-electron chi connectivity index (χ1n) is 8.04. The molecular formula is C16H22N6. The molecular weight excluding hydrogens is 276 g/mol. The lowest BCUT2D eigenvalue weighted by molar-refractivity contribution is 0.197. The van der Waals surface area contributed by atoms with Crippen LogP contribution in [0, 0.1) is 0 Å². The second-order valence-corrected chi connectivity index (χ2v) is 6.43. The summed E-state index contributed by atoms with van der Waals surface area (Å²) in [6, 6.07) is 4.88. The highest BCUT2D eigenvalue weighted by atomic mass is 15.4. The Morgan fingerprint density at radius 1 is 1.23 bits per heavy atom. The van der Waals surface area contributed by atoms with Crippen molar-refractivity contribution in [3.05, 3.63) is 36.5 Å². The van der Waals surface area contributed by atoms with Gasteiger partial charge in [-0.1, -0.05) is 0 Å². The van der Waals surface area contributed by atoms with E-state index < -0.39 is 0 Å². The van der Waals surface area contributed by atoms with Crippen LogP contribution < -0.4 is 4.90 Å². The summed E-state index contributed by atoms with van der Waals surface area (Å²) in [7, 11) is 2.20. The van der Waals surface area contributed by atoms with Crippen LogP contribution in [0.5, 0.6) is 0 Å². The maximum Gasteiger partial charge on any atom is 0.151 e. The maximum absolute atomic E-state index is 4.39. The van der Waals surface area contributed by atoms with Crippen molar-refractivity contribution in [2.45, 2.75) is 31.3 Å². The fourth-order valence-corrected chi connectivity index (χ4v) is 2.90. The Morgan fingerprint density at radius 3 is 2.73 bits per heavy atom. The first kappa shape index (κ1) is 13.7. The van der Waals surface area contributed by atoms with Crippen LogP contribution in [0.4, 0.5) is 5.82 Å². The first-order valence-corrected chi connectivity index (χ1v) is 8.04. The molecule has 2 fully saturated rings. The fourth-order valence-electron chi connectivity index (χ4n) is 2.90. The molecule has 0 bridgehead atoms. The third-order valence-electron chi connectivity index (χ3n) is 4.75. The molecule has 0 amide bonds. The van der Waals surface area contributed by atoms with Crippen molar-refractivity contribution in [3.63, 3.8) is 0 Å². The van der Waals surface area contributed by atoms with Gasteiger partial charge in [0.25, 0.3) is 0 Å². The summed E-state index contributed by atoms with van der Waals surface area (Å²) < 4.78 is 2.12. The second-order valence-electron chi connectivity index (χ2n) is 6.43. The van der Waals surface area contributed by atoms with E-state index in [2.05, 4.69) is 48.7 Å². The van der Waals surface area contributed by atoms with Gasteiger partial charge in [0.05, 0.1) is 12.0 Å². The van der Waals surface area contributed by atoms with E-state index in [4.69, 9.17) is 0 Å². The van der Waals surface area contributed by atoms with Crippen LogP contribution in [0.1, 0.15) is 24.5 Å². The molecule has 0 aromatic carbocycles. The number of aromatic nitrogens is 4. The summed E-state index contributed by atoms with van der Waals surface area (Å²) in [5.74, 6) is 1.70. The minimum atomic E-state index is 0.605. The maximum atomic E-state index is 4.39. The normalized spacial score (nSPS) is 18.7. The summed E-state index contributed by atoms with van der Waals surface area (Å²) in [5.41, 5.74) is 1.17. The number of hydrogen-bond donors (Lipinski definition) is 0. The molecule has 2 aromatic rings. The number of anilines is 1. The summed E-state index contributed by atoms with van der Waals surface area (Å²) >= 11 is 0. The summed E-state index contributed by atoms with van der Waals surface area (Å²) in [6.45, 7) is 4.11. The Morgan fingerprint density at radius 2 is 2.09 bits per heavy atom. The number of likely N-dealkylation sites (N-methyl/N-ethyl adjacent to an activating group) is 1. The van der Waals surface area contributed by atoms with Gasteiger partial charge in [0.2, 0.25) is 0 Å². The second kappa shape index (κ2) is 5.68. The van der Waals surface area contributed by atoms with E-state index in [-0.39, 0.29) is 0 Å². The molecule has 6 heteroatoms. The van der Waals surface area contributed by atoms with Crippen LogP contribution in [0.2, 0.25) is 0 Å². The van der Waals surface area contributed by atoms with Crippen molar-refractivity contribution in [1.82, 2.24) is 24.6 Å². The van der Waals surface area contributed by atoms with Crippen LogP contribution in [0.25, 0.3) is 0 Å². The van der Waals surface area contributed by atoms with E-state index in [0.717, 1.165) is 32.0 Å². The number of nitrogens with zero attached hydrogens (tertiary/aromatic N) is 6. The van der Waals surface area contributed by atoms with Crippen LogP contribution in [0.3, 0.4) is 0 Å². The highest BCUT2D eigenvalue weighted by Crippen LogP contribution is 2.38. The lowest BCUT2D eigenvalue weighted by Gasteiger charge is -2.44. The molecule has 1 aliphatic carbocycles. The Balaban J connectivity index is 1.26. The van der Waals surface area contributed by atoms with Crippen molar-refractivity contribution in [2.24, 2.45) is 0 Å². The predicted molar refractivity (Wildman–Crippen MR) is 84.9 cm³/mol. The predicted octanol–water partition coefficient (Wildman–Crippen LogP) is 1.37. The van der Waals surface area contributed by atoms with Gasteiger partial charge in [-0.05, 0) is 32.0 Å². The van der Waals surface area contributed by atoms with Crippen LogP contribution >= 0.6 is 0 Å². The molecule has 0 spiro atoms. The number of rotatable bonds is 6. The van der Waals surface area contributed by atoms with Crippen molar-refractivity contribution >= 4 is 5.82 Å². The molecule has 2 aliphatic rings. The highest BCUT2D eigenvalue weighted by Gasteiger charge is 2.31. The van der Waals surface area contributed by atoms with E-state index in [1.807, 2.05) is 18.7 Å². The van der Waals surface area contributed by atoms with E-state index in [9.17, 15) is 0 Å². The molecule has 1 saturated heterocycles. The van der Waals surface area contributed by atoms with Crippen molar-refractivity contribution in [1.29, 1.82) is 0 Å². The zero-order valence-electron chi connectivity index (χ0n) is 13.0. The molecule has 0 N–H and O–H groups in total. The zero-order valence-corrected chi connectivity index (χ0v) is 13.0. The smallest absolute Gasteiger partial charge is 0.151 e. The topological polar surface area (TPSA) is 50.1 Å². The zero-order chi connectivity index (χ0) is 14.9. The summed E-state index contributed by atoms with van der Waals surface area (Å²) in [6.07, 6.45) is 8.27. The standard InChI is InChI=1S/C16H22N6/c1-20(8-9-21-7-6-17-12-21)14-10-22(11-14)16-5-4-15(18-19-16)13-2-3-13/h4-7,12-14H,2-3,8-11H2,1H3. The van der Waals surface area contributed by atoms with Gasteiger partial charge in [0, 0.05) is 50.5 Å². The van der Waals surface area contributed by atoms with Crippen LogP contribution in [-0.2, 0) is 6.54 Å². The minimum Gasteiger partial charge on any atom is -0.352 e. The van der Waals surface area contributed by atoms with Gasteiger partial charge in [0.15, 0.2) is 5.82 Å². The highest BCUT2D eigenvalue weighted by molar-refractivity contribution is 5.42. The molecule has 0 atom stereocenters. The Labute approximate surface area is 130 Å². The Hall–Kier alpha value is -1.95. The Bertz CT molecular complexity index is 598. The Kier molecular flexibility index (Phi) is 3.54. The van der Waals surface area contributed by atoms with Gasteiger partial charge >= 0.3 is 0 Å². The van der Waals surface area contributed by atoms with Crippen molar-refractivity contribution < 1.29 is 0 Å². The molecule has 22 heavy (non-hydrogen) atoms. The molecule has 0 radical (unpaired) electrons. The first-order chi connectivity index (χ1) is 10.8. The van der Waals surface area contributed by atoms with E-state index in [1.165, 1.54) is 18.5 Å². The van der Waals surface area contributed by atoms with Gasteiger partial charge < -0.3 is 9.47 Å². The molecule has 3 heterocycles. The quantitative estimate of drug-likeness (QED) is 0.806. The molecule has 0 unspecified atom stereocenters. The van der Waals surface area contributed by atoms with E-state index in [0.29, 0.717) is 12.0 Å². The molecule has 1 aliphatic heterocycles. The lowest BCUT2D eigenvalue weighted by atomic mass is 10.1. The average molecular weight is 298 g/mol. The summed E-state index contributed by atoms with van der Waals surface area (Å²) in [4.78, 5) is 8.80. The number of hydrogen-bond acceptors (Lipinski definition) is 5. The third-order valence-corrected chi connectivity index (χ3v) is 4.75. The molecule has 1 saturated carbocycles. The van der Waals surface area contributed by atoms with Gasteiger partial charge in [-0.15, -0.1) is 5.10 Å².